The summed E-state index contributed by atoms with van der Waals surface area (Å²) in [4.78, 5) is 22.2. The smallest absolute Gasteiger partial charge is 0.319 e. The summed E-state index contributed by atoms with van der Waals surface area (Å²) >= 11 is 5.97. The number of anilines is 1. The fraction of sp³-hybridized carbons (Fsp3) is 0.429. The second-order valence-corrected chi connectivity index (χ2v) is 5.11. The number of halogens is 1. The monoisotopic (exact) mass is 298 g/mol. The predicted molar refractivity (Wildman–Crippen MR) is 79.3 cm³/mol. The molecule has 20 heavy (non-hydrogen) atoms. The molecule has 6 heteroatoms. The minimum absolute atomic E-state index is 0.0890. The zero-order chi connectivity index (χ0) is 15.1. The first kappa shape index (κ1) is 16.3. The molecule has 0 bridgehead atoms. The number of carboxylic acid groups (broad SMARTS) is 1. The van der Waals surface area contributed by atoms with Gasteiger partial charge in [0.05, 0.1) is 0 Å². The van der Waals surface area contributed by atoms with Crippen molar-refractivity contribution in [3.05, 3.63) is 28.8 Å². The van der Waals surface area contributed by atoms with Gasteiger partial charge in [0.2, 0.25) is 0 Å². The lowest BCUT2D eigenvalue weighted by Crippen LogP contribution is -2.36. The number of nitrogens with one attached hydrogen (secondary N) is 2. The Hall–Kier alpha value is -1.75. The summed E-state index contributed by atoms with van der Waals surface area (Å²) in [6.45, 7) is 3.67. The van der Waals surface area contributed by atoms with Gasteiger partial charge in [-0.15, -0.1) is 0 Å². The van der Waals surface area contributed by atoms with Crippen LogP contribution in [-0.4, -0.2) is 23.1 Å². The second-order valence-electron chi connectivity index (χ2n) is 4.70. The standard InChI is InChI=1S/C14H19ClN2O3/c1-9(5-3-8-13(18)19)16-14(20)17-12-7-4-6-11(15)10(12)2/h4,6-7,9H,3,5,8H2,1-2H3,(H,18,19)(H2,16,17,20). The van der Waals surface area contributed by atoms with Crippen molar-refractivity contribution >= 4 is 29.3 Å². The van der Waals surface area contributed by atoms with Crippen LogP contribution in [0.3, 0.4) is 0 Å². The molecule has 0 saturated carbocycles. The Balaban J connectivity index is 2.43. The van der Waals surface area contributed by atoms with Crippen molar-refractivity contribution in [3.63, 3.8) is 0 Å². The summed E-state index contributed by atoms with van der Waals surface area (Å²) in [6, 6.07) is 4.89. The van der Waals surface area contributed by atoms with Gasteiger partial charge < -0.3 is 15.7 Å². The van der Waals surface area contributed by atoms with E-state index in [9.17, 15) is 9.59 Å². The van der Waals surface area contributed by atoms with Crippen LogP contribution in [0, 0.1) is 6.92 Å². The van der Waals surface area contributed by atoms with Gasteiger partial charge in [-0.25, -0.2) is 4.79 Å². The molecule has 0 aliphatic rings. The van der Waals surface area contributed by atoms with Crippen molar-refractivity contribution in [1.29, 1.82) is 0 Å². The van der Waals surface area contributed by atoms with E-state index in [2.05, 4.69) is 10.6 Å². The van der Waals surface area contributed by atoms with Crippen molar-refractivity contribution in [3.8, 4) is 0 Å². The van der Waals surface area contributed by atoms with Crippen LogP contribution in [0.25, 0.3) is 0 Å². The molecule has 110 valence electrons. The Morgan fingerprint density at radius 2 is 2.10 bits per heavy atom. The highest BCUT2D eigenvalue weighted by Gasteiger charge is 2.10. The Morgan fingerprint density at radius 3 is 2.75 bits per heavy atom. The highest BCUT2D eigenvalue weighted by atomic mass is 35.5. The van der Waals surface area contributed by atoms with E-state index in [1.807, 2.05) is 13.8 Å². The van der Waals surface area contributed by atoms with E-state index in [1.54, 1.807) is 18.2 Å². The SMILES string of the molecule is Cc1c(Cl)cccc1NC(=O)NC(C)CCCC(=O)O. The van der Waals surface area contributed by atoms with Gasteiger partial charge in [0, 0.05) is 23.2 Å². The van der Waals surface area contributed by atoms with Crippen LogP contribution in [0.2, 0.25) is 5.02 Å². The van der Waals surface area contributed by atoms with Gasteiger partial charge in [0.15, 0.2) is 0 Å². The Kier molecular flexibility index (Phi) is 6.31. The highest BCUT2D eigenvalue weighted by Crippen LogP contribution is 2.22. The average Bonchev–Trinajstić information content (AvgIpc) is 2.34. The molecule has 1 unspecified atom stereocenters. The van der Waals surface area contributed by atoms with Crippen molar-refractivity contribution in [1.82, 2.24) is 5.32 Å². The first-order valence-electron chi connectivity index (χ1n) is 6.44. The van der Waals surface area contributed by atoms with Crippen molar-refractivity contribution < 1.29 is 14.7 Å². The van der Waals surface area contributed by atoms with Crippen LogP contribution >= 0.6 is 11.6 Å². The fourth-order valence-electron chi connectivity index (χ4n) is 1.76. The molecule has 0 radical (unpaired) electrons. The molecule has 5 nitrogen and oxygen atoms in total. The Bertz CT molecular complexity index is 491. The number of urea groups is 1. The van der Waals surface area contributed by atoms with Gasteiger partial charge in [-0.1, -0.05) is 17.7 Å². The van der Waals surface area contributed by atoms with Crippen molar-refractivity contribution in [2.75, 3.05) is 5.32 Å². The number of benzene rings is 1. The highest BCUT2D eigenvalue weighted by molar-refractivity contribution is 6.31. The lowest BCUT2D eigenvalue weighted by molar-refractivity contribution is -0.137. The maximum atomic E-state index is 11.8. The molecule has 0 spiro atoms. The van der Waals surface area contributed by atoms with E-state index < -0.39 is 5.97 Å². The molecule has 0 aliphatic carbocycles. The third-order valence-corrected chi connectivity index (χ3v) is 3.33. The van der Waals surface area contributed by atoms with Gasteiger partial charge >= 0.3 is 12.0 Å². The zero-order valence-electron chi connectivity index (χ0n) is 11.6. The van der Waals surface area contributed by atoms with E-state index in [0.29, 0.717) is 23.6 Å². The number of carbonyl (C=O) groups excluding carboxylic acids is 1. The molecule has 0 saturated heterocycles. The summed E-state index contributed by atoms with van der Waals surface area (Å²) in [5, 5.41) is 14.6. The van der Waals surface area contributed by atoms with Crippen molar-refractivity contribution in [2.45, 2.75) is 39.2 Å². The lowest BCUT2D eigenvalue weighted by atomic mass is 10.1. The quantitative estimate of drug-likeness (QED) is 0.753. The first-order valence-corrected chi connectivity index (χ1v) is 6.82. The molecule has 1 rings (SSSR count). The van der Waals surface area contributed by atoms with E-state index in [-0.39, 0.29) is 18.5 Å². The van der Waals surface area contributed by atoms with Crippen LogP contribution in [0.4, 0.5) is 10.5 Å². The van der Waals surface area contributed by atoms with Crippen LogP contribution in [0.5, 0.6) is 0 Å². The molecule has 0 aromatic heterocycles. The molecule has 0 fully saturated rings. The Morgan fingerprint density at radius 1 is 1.40 bits per heavy atom. The number of hydrogen-bond donors (Lipinski definition) is 3. The molecule has 1 atom stereocenters. The average molecular weight is 299 g/mol. The maximum Gasteiger partial charge on any atom is 0.319 e. The minimum Gasteiger partial charge on any atom is -0.481 e. The summed E-state index contributed by atoms with van der Waals surface area (Å²) in [5.41, 5.74) is 1.47. The third kappa shape index (κ3) is 5.48. The van der Waals surface area contributed by atoms with E-state index in [1.165, 1.54) is 0 Å². The van der Waals surface area contributed by atoms with Gasteiger partial charge in [-0.05, 0) is 44.4 Å². The van der Waals surface area contributed by atoms with Gasteiger partial charge in [0.1, 0.15) is 0 Å². The molecule has 1 aromatic carbocycles. The summed E-state index contributed by atoms with van der Waals surface area (Å²) in [5.74, 6) is -0.823. The third-order valence-electron chi connectivity index (χ3n) is 2.92. The number of amides is 2. The normalized spacial score (nSPS) is 11.8. The predicted octanol–water partition coefficient (Wildman–Crippen LogP) is 3.41. The number of rotatable bonds is 6. The molecule has 0 heterocycles. The van der Waals surface area contributed by atoms with Crippen LogP contribution in [0.15, 0.2) is 18.2 Å². The molecular formula is C14H19ClN2O3. The van der Waals surface area contributed by atoms with E-state index in [0.717, 1.165) is 5.56 Å². The molecule has 1 aromatic rings. The van der Waals surface area contributed by atoms with E-state index in [4.69, 9.17) is 16.7 Å². The van der Waals surface area contributed by atoms with E-state index >= 15 is 0 Å². The number of aliphatic carboxylic acids is 1. The lowest BCUT2D eigenvalue weighted by Gasteiger charge is -2.15. The van der Waals surface area contributed by atoms with Crippen LogP contribution in [0.1, 0.15) is 31.7 Å². The summed E-state index contributed by atoms with van der Waals surface area (Å²) < 4.78 is 0. The second kappa shape index (κ2) is 7.75. The molecule has 0 aliphatic heterocycles. The van der Waals surface area contributed by atoms with Crippen LogP contribution < -0.4 is 10.6 Å². The summed E-state index contributed by atoms with van der Waals surface area (Å²) in [7, 11) is 0. The fourth-order valence-corrected chi connectivity index (χ4v) is 1.93. The van der Waals surface area contributed by atoms with Crippen LogP contribution in [-0.2, 0) is 4.79 Å². The topological polar surface area (TPSA) is 78.4 Å². The Labute approximate surface area is 123 Å². The molecule has 2 amide bonds. The first-order chi connectivity index (χ1) is 9.40. The van der Waals surface area contributed by atoms with Gasteiger partial charge in [0.25, 0.3) is 0 Å². The molecule has 3 N–H and O–H groups in total. The minimum atomic E-state index is -0.823. The van der Waals surface area contributed by atoms with Gasteiger partial charge in [-0.2, -0.15) is 0 Å². The molecular weight excluding hydrogens is 280 g/mol. The zero-order valence-corrected chi connectivity index (χ0v) is 12.3. The maximum absolute atomic E-state index is 11.8. The summed E-state index contributed by atoms with van der Waals surface area (Å²) in [6.07, 6.45) is 1.27. The van der Waals surface area contributed by atoms with Gasteiger partial charge in [-0.3, -0.25) is 4.79 Å². The number of hydrogen-bond acceptors (Lipinski definition) is 2. The van der Waals surface area contributed by atoms with Crippen molar-refractivity contribution in [2.24, 2.45) is 0 Å². The number of carboxylic acids is 1. The largest absolute Gasteiger partial charge is 0.481 e. The number of carbonyl (C=O) groups is 2.